The van der Waals surface area contributed by atoms with Crippen molar-refractivity contribution >= 4 is 21.4 Å². The van der Waals surface area contributed by atoms with E-state index >= 15 is 0 Å². The summed E-state index contributed by atoms with van der Waals surface area (Å²) in [5, 5.41) is 8.72. The molecule has 0 aromatic heterocycles. The van der Waals surface area contributed by atoms with Gasteiger partial charge >= 0.3 is 0 Å². The summed E-state index contributed by atoms with van der Waals surface area (Å²) in [5.41, 5.74) is 5.79. The normalized spacial score (nSPS) is 10.8. The smallest absolute Gasteiger partial charge is 0.262 e. The number of hydrogen-bond acceptors (Lipinski definition) is 4. The van der Waals surface area contributed by atoms with Crippen LogP contribution < -0.4 is 10.5 Å². The minimum absolute atomic E-state index is 0.210. The predicted octanol–water partition coefficient (Wildman–Crippen LogP) is 2.08. The van der Waals surface area contributed by atoms with Gasteiger partial charge in [0.05, 0.1) is 21.8 Å². The molecule has 2 rings (SSSR count). The molecule has 0 aliphatic rings. The van der Waals surface area contributed by atoms with Crippen molar-refractivity contribution in [1.29, 1.82) is 5.26 Å². The molecule has 0 radical (unpaired) electrons. The number of anilines is 2. The number of nitrogens with two attached hydrogens (primary N) is 1. The number of nitrogens with one attached hydrogen (secondary N) is 1. The molecular weight excluding hydrogens is 281 g/mol. The van der Waals surface area contributed by atoms with Gasteiger partial charge in [0.2, 0.25) is 0 Å². The third kappa shape index (κ3) is 2.70. The van der Waals surface area contributed by atoms with E-state index < -0.39 is 15.8 Å². The number of rotatable bonds is 3. The van der Waals surface area contributed by atoms with Crippen LogP contribution in [0, 0.1) is 17.1 Å². The van der Waals surface area contributed by atoms with Crippen molar-refractivity contribution in [1.82, 2.24) is 0 Å². The summed E-state index contributed by atoms with van der Waals surface area (Å²) >= 11 is 0. The molecule has 0 spiro atoms. The molecule has 0 aliphatic carbocycles. The van der Waals surface area contributed by atoms with Crippen molar-refractivity contribution in [3.63, 3.8) is 0 Å². The number of sulfonamides is 1. The fraction of sp³-hybridized carbons (Fsp3) is 0. The number of nitrogen functional groups attached to an aromatic ring is 1. The van der Waals surface area contributed by atoms with E-state index in [1.54, 1.807) is 24.3 Å². The highest BCUT2D eigenvalue weighted by Gasteiger charge is 2.17. The Kier molecular flexibility index (Phi) is 3.59. The number of nitrogens with zero attached hydrogens (tertiary/aromatic N) is 1. The topological polar surface area (TPSA) is 96.0 Å². The Bertz CT molecular complexity index is 798. The maximum Gasteiger partial charge on any atom is 0.262 e. The summed E-state index contributed by atoms with van der Waals surface area (Å²) in [5.74, 6) is -0.773. The monoisotopic (exact) mass is 291 g/mol. The molecule has 0 saturated heterocycles. The second kappa shape index (κ2) is 5.19. The van der Waals surface area contributed by atoms with Crippen LogP contribution in [0.15, 0.2) is 47.4 Å². The summed E-state index contributed by atoms with van der Waals surface area (Å²) in [7, 11) is -3.93. The molecule has 0 heterocycles. The van der Waals surface area contributed by atoms with Crippen LogP contribution in [0.25, 0.3) is 0 Å². The van der Waals surface area contributed by atoms with Crippen molar-refractivity contribution in [2.45, 2.75) is 4.90 Å². The Morgan fingerprint density at radius 1 is 1.20 bits per heavy atom. The molecule has 0 bridgehead atoms. The summed E-state index contributed by atoms with van der Waals surface area (Å²) in [6, 6.07) is 10.9. The zero-order valence-electron chi connectivity index (χ0n) is 10.2. The fourth-order valence-electron chi connectivity index (χ4n) is 1.55. The second-order valence-electron chi connectivity index (χ2n) is 3.95. The first-order valence-corrected chi connectivity index (χ1v) is 6.99. The summed E-state index contributed by atoms with van der Waals surface area (Å²) in [4.78, 5) is -0.210. The van der Waals surface area contributed by atoms with Crippen LogP contribution in [0.3, 0.4) is 0 Å². The summed E-state index contributed by atoms with van der Waals surface area (Å²) in [6.07, 6.45) is 0. The first-order valence-electron chi connectivity index (χ1n) is 5.51. The van der Waals surface area contributed by atoms with Crippen LogP contribution in [0.4, 0.5) is 15.8 Å². The first-order chi connectivity index (χ1) is 9.44. The lowest BCUT2D eigenvalue weighted by Crippen LogP contribution is -2.14. The highest BCUT2D eigenvalue weighted by atomic mass is 32.2. The number of hydrogen-bond donors (Lipinski definition) is 2. The van der Waals surface area contributed by atoms with Gasteiger partial charge in [-0.1, -0.05) is 12.1 Å². The molecule has 0 amide bonds. The van der Waals surface area contributed by atoms with E-state index in [-0.39, 0.29) is 21.8 Å². The van der Waals surface area contributed by atoms with Crippen molar-refractivity contribution < 1.29 is 12.8 Å². The highest BCUT2D eigenvalue weighted by Crippen LogP contribution is 2.22. The standard InChI is InChI=1S/C13H10FN3O2S/c14-11-6-5-10(7-9(11)8-15)20(18,19)17-13-4-2-1-3-12(13)16/h1-7,17H,16H2. The van der Waals surface area contributed by atoms with Crippen LogP contribution in [0.1, 0.15) is 5.56 Å². The lowest BCUT2D eigenvalue weighted by atomic mass is 10.2. The molecule has 2 aromatic carbocycles. The minimum atomic E-state index is -3.93. The van der Waals surface area contributed by atoms with Gasteiger partial charge in [0.15, 0.2) is 0 Å². The van der Waals surface area contributed by atoms with Gasteiger partial charge in [-0.15, -0.1) is 0 Å². The molecule has 0 saturated carbocycles. The van der Waals surface area contributed by atoms with E-state index in [2.05, 4.69) is 4.72 Å². The Hall–Kier alpha value is -2.59. The zero-order chi connectivity index (χ0) is 14.8. The van der Waals surface area contributed by atoms with E-state index in [0.29, 0.717) is 0 Å². The van der Waals surface area contributed by atoms with Crippen molar-refractivity contribution in [3.05, 3.63) is 53.8 Å². The molecule has 7 heteroatoms. The molecule has 3 N–H and O–H groups in total. The zero-order valence-corrected chi connectivity index (χ0v) is 11.0. The Labute approximate surface area is 115 Å². The molecular formula is C13H10FN3O2S. The maximum absolute atomic E-state index is 13.2. The second-order valence-corrected chi connectivity index (χ2v) is 5.63. The summed E-state index contributed by atoms with van der Waals surface area (Å²) < 4.78 is 39.7. The van der Waals surface area contributed by atoms with Crippen molar-refractivity contribution in [2.75, 3.05) is 10.5 Å². The van der Waals surface area contributed by atoms with Crippen LogP contribution in [0.5, 0.6) is 0 Å². The first kappa shape index (κ1) is 13.8. The molecule has 0 aliphatic heterocycles. The van der Waals surface area contributed by atoms with Crippen molar-refractivity contribution in [3.8, 4) is 6.07 Å². The van der Waals surface area contributed by atoms with E-state index in [1.165, 1.54) is 6.07 Å². The Balaban J connectivity index is 2.42. The number of para-hydroxylation sites is 2. The van der Waals surface area contributed by atoms with Gasteiger partial charge in [0.25, 0.3) is 10.0 Å². The van der Waals surface area contributed by atoms with Gasteiger partial charge in [-0.05, 0) is 30.3 Å². The van der Waals surface area contributed by atoms with Gasteiger partial charge in [-0.25, -0.2) is 12.8 Å². The molecule has 20 heavy (non-hydrogen) atoms. The van der Waals surface area contributed by atoms with Gasteiger partial charge in [-0.3, -0.25) is 4.72 Å². The quantitative estimate of drug-likeness (QED) is 0.846. The van der Waals surface area contributed by atoms with Crippen LogP contribution in [-0.4, -0.2) is 8.42 Å². The third-order valence-corrected chi connectivity index (χ3v) is 3.94. The molecule has 0 atom stereocenters. The minimum Gasteiger partial charge on any atom is -0.397 e. The van der Waals surface area contributed by atoms with E-state index in [4.69, 9.17) is 11.0 Å². The summed E-state index contributed by atoms with van der Waals surface area (Å²) in [6.45, 7) is 0. The number of halogens is 1. The lowest BCUT2D eigenvalue weighted by molar-refractivity contribution is 0.599. The van der Waals surface area contributed by atoms with Gasteiger partial charge in [0.1, 0.15) is 11.9 Å². The molecule has 0 unspecified atom stereocenters. The lowest BCUT2D eigenvalue weighted by Gasteiger charge is -2.10. The van der Waals surface area contributed by atoms with Gasteiger partial charge in [-0.2, -0.15) is 5.26 Å². The molecule has 2 aromatic rings. The number of nitriles is 1. The fourth-order valence-corrected chi connectivity index (χ4v) is 2.66. The van der Waals surface area contributed by atoms with E-state index in [9.17, 15) is 12.8 Å². The van der Waals surface area contributed by atoms with Gasteiger partial charge < -0.3 is 5.73 Å². The van der Waals surface area contributed by atoms with Gasteiger partial charge in [0, 0.05) is 0 Å². The third-order valence-electron chi connectivity index (χ3n) is 2.57. The van der Waals surface area contributed by atoms with E-state index in [0.717, 1.165) is 18.2 Å². The average molecular weight is 291 g/mol. The Morgan fingerprint density at radius 3 is 2.55 bits per heavy atom. The highest BCUT2D eigenvalue weighted by molar-refractivity contribution is 7.92. The van der Waals surface area contributed by atoms with Crippen LogP contribution >= 0.6 is 0 Å². The molecule has 102 valence electrons. The molecule has 5 nitrogen and oxygen atoms in total. The SMILES string of the molecule is N#Cc1cc(S(=O)(=O)Nc2ccccc2N)ccc1F. The Morgan fingerprint density at radius 2 is 1.90 bits per heavy atom. The van der Waals surface area contributed by atoms with E-state index in [1.807, 2.05) is 0 Å². The molecule has 0 fully saturated rings. The van der Waals surface area contributed by atoms with Crippen molar-refractivity contribution in [2.24, 2.45) is 0 Å². The largest absolute Gasteiger partial charge is 0.397 e. The maximum atomic E-state index is 13.2. The van der Waals surface area contributed by atoms with Crippen LogP contribution in [-0.2, 0) is 10.0 Å². The number of benzene rings is 2. The predicted molar refractivity (Wildman–Crippen MR) is 72.8 cm³/mol. The van der Waals surface area contributed by atoms with Crippen LogP contribution in [0.2, 0.25) is 0 Å². The average Bonchev–Trinajstić information content (AvgIpc) is 2.41.